The highest BCUT2D eigenvalue weighted by Gasteiger charge is 2.15. The van der Waals surface area contributed by atoms with Crippen molar-refractivity contribution in [3.8, 4) is 11.5 Å². The molecule has 5 nitrogen and oxygen atoms in total. The van der Waals surface area contributed by atoms with Crippen LogP contribution in [0.4, 0.5) is 0 Å². The molecule has 0 aromatic heterocycles. The number of primary amides is 1. The fourth-order valence-electron chi connectivity index (χ4n) is 1.03. The molecule has 0 fully saturated rings. The summed E-state index contributed by atoms with van der Waals surface area (Å²) in [6.07, 6.45) is -1.38. The van der Waals surface area contributed by atoms with E-state index in [9.17, 15) is 15.0 Å². The Kier molecular flexibility index (Phi) is 2.93. The number of rotatable bonds is 3. The van der Waals surface area contributed by atoms with E-state index in [1.54, 1.807) is 0 Å². The number of carbonyl (C=O) groups excluding carboxylic acids is 1. The third kappa shape index (κ3) is 1.94. The lowest BCUT2D eigenvalue weighted by molar-refractivity contribution is -0.126. The lowest BCUT2D eigenvalue weighted by atomic mass is 10.1. The molecule has 0 saturated heterocycles. The zero-order valence-electron chi connectivity index (χ0n) is 7.60. The summed E-state index contributed by atoms with van der Waals surface area (Å²) in [5.74, 6) is -0.728. The van der Waals surface area contributed by atoms with Crippen LogP contribution in [-0.2, 0) is 4.79 Å². The van der Waals surface area contributed by atoms with Crippen molar-refractivity contribution in [1.82, 2.24) is 0 Å². The van der Waals surface area contributed by atoms with E-state index < -0.39 is 12.0 Å². The minimum atomic E-state index is -1.38. The fourth-order valence-corrected chi connectivity index (χ4v) is 1.03. The number of aromatic hydroxyl groups is 1. The Labute approximate surface area is 80.7 Å². The van der Waals surface area contributed by atoms with Crippen LogP contribution in [0.25, 0.3) is 0 Å². The first-order valence-electron chi connectivity index (χ1n) is 3.90. The second-order valence-electron chi connectivity index (χ2n) is 2.74. The Morgan fingerprint density at radius 3 is 2.71 bits per heavy atom. The molecular formula is C9H11NO4. The van der Waals surface area contributed by atoms with Gasteiger partial charge in [-0.2, -0.15) is 0 Å². The molecule has 1 unspecified atom stereocenters. The van der Waals surface area contributed by atoms with Gasteiger partial charge in [-0.3, -0.25) is 4.79 Å². The number of hydrogen-bond acceptors (Lipinski definition) is 4. The number of nitrogens with two attached hydrogens (primary N) is 1. The number of methoxy groups -OCH3 is 1. The summed E-state index contributed by atoms with van der Waals surface area (Å²) in [5.41, 5.74) is 5.19. The minimum absolute atomic E-state index is 0.0621. The molecule has 1 amide bonds. The van der Waals surface area contributed by atoms with Gasteiger partial charge >= 0.3 is 0 Å². The van der Waals surface area contributed by atoms with Crippen LogP contribution in [0.1, 0.15) is 11.7 Å². The largest absolute Gasteiger partial charge is 0.504 e. The van der Waals surface area contributed by atoms with Crippen molar-refractivity contribution in [2.24, 2.45) is 5.73 Å². The first-order chi connectivity index (χ1) is 6.56. The van der Waals surface area contributed by atoms with Gasteiger partial charge in [-0.1, -0.05) is 6.07 Å². The molecule has 1 atom stereocenters. The SMILES string of the molecule is COc1cc(C(O)C(N)=O)ccc1O. The maximum atomic E-state index is 10.7. The van der Waals surface area contributed by atoms with E-state index in [4.69, 9.17) is 10.5 Å². The highest BCUT2D eigenvalue weighted by Crippen LogP contribution is 2.28. The molecule has 0 aliphatic carbocycles. The zero-order chi connectivity index (χ0) is 10.7. The number of phenolic OH excluding ortho intramolecular Hbond substituents is 1. The first kappa shape index (κ1) is 10.3. The molecule has 0 heterocycles. The molecule has 0 aliphatic heterocycles. The fraction of sp³-hybridized carbons (Fsp3) is 0.222. The number of ether oxygens (including phenoxy) is 1. The van der Waals surface area contributed by atoms with Gasteiger partial charge in [0.25, 0.3) is 5.91 Å². The van der Waals surface area contributed by atoms with Gasteiger partial charge in [0.05, 0.1) is 7.11 Å². The van der Waals surface area contributed by atoms with Crippen LogP contribution in [0.15, 0.2) is 18.2 Å². The van der Waals surface area contributed by atoms with E-state index in [2.05, 4.69) is 0 Å². The zero-order valence-corrected chi connectivity index (χ0v) is 7.60. The molecule has 0 bridgehead atoms. The molecule has 0 radical (unpaired) electrons. The molecule has 1 rings (SSSR count). The Balaban J connectivity index is 3.06. The number of benzene rings is 1. The van der Waals surface area contributed by atoms with Crippen LogP contribution in [0.5, 0.6) is 11.5 Å². The van der Waals surface area contributed by atoms with Crippen LogP contribution in [0.3, 0.4) is 0 Å². The van der Waals surface area contributed by atoms with Gasteiger partial charge < -0.3 is 20.7 Å². The molecule has 0 saturated carbocycles. The third-order valence-electron chi connectivity index (χ3n) is 1.79. The number of aliphatic hydroxyl groups is 1. The van der Waals surface area contributed by atoms with E-state index in [1.807, 2.05) is 0 Å². The molecule has 1 aromatic carbocycles. The smallest absolute Gasteiger partial charge is 0.250 e. The number of aliphatic hydroxyl groups excluding tert-OH is 1. The molecule has 76 valence electrons. The predicted molar refractivity (Wildman–Crippen MR) is 48.8 cm³/mol. The molecule has 4 N–H and O–H groups in total. The number of phenols is 1. The van der Waals surface area contributed by atoms with E-state index in [1.165, 1.54) is 25.3 Å². The van der Waals surface area contributed by atoms with E-state index in [-0.39, 0.29) is 17.1 Å². The Hall–Kier alpha value is -1.75. The number of carbonyl (C=O) groups is 1. The summed E-state index contributed by atoms with van der Waals surface area (Å²) >= 11 is 0. The molecule has 14 heavy (non-hydrogen) atoms. The first-order valence-corrected chi connectivity index (χ1v) is 3.90. The molecular weight excluding hydrogens is 186 g/mol. The summed E-state index contributed by atoms with van der Waals surface area (Å²) in [6, 6.07) is 4.07. The van der Waals surface area contributed by atoms with Crippen molar-refractivity contribution in [3.63, 3.8) is 0 Å². The monoisotopic (exact) mass is 197 g/mol. The summed E-state index contributed by atoms with van der Waals surface area (Å²) in [7, 11) is 1.37. The number of hydrogen-bond donors (Lipinski definition) is 3. The second kappa shape index (κ2) is 3.97. The highest BCUT2D eigenvalue weighted by molar-refractivity contribution is 5.80. The van der Waals surface area contributed by atoms with E-state index in [0.29, 0.717) is 0 Å². The summed E-state index contributed by atoms with van der Waals surface area (Å²) < 4.78 is 4.80. The van der Waals surface area contributed by atoms with Gasteiger partial charge in [-0.25, -0.2) is 0 Å². The third-order valence-corrected chi connectivity index (χ3v) is 1.79. The van der Waals surface area contributed by atoms with Crippen molar-refractivity contribution >= 4 is 5.91 Å². The standard InChI is InChI=1S/C9H11NO4/c1-14-7-4-5(2-3-6(7)11)8(12)9(10)13/h2-4,8,11-12H,1H3,(H2,10,13). The van der Waals surface area contributed by atoms with E-state index in [0.717, 1.165) is 0 Å². The summed E-state index contributed by atoms with van der Waals surface area (Å²) in [4.78, 5) is 10.7. The average Bonchev–Trinajstić information content (AvgIpc) is 2.17. The van der Waals surface area contributed by atoms with Gasteiger partial charge in [-0.05, 0) is 17.7 Å². The predicted octanol–water partition coefficient (Wildman–Crippen LogP) is -0.0805. The number of amides is 1. The van der Waals surface area contributed by atoms with Gasteiger partial charge in [0.2, 0.25) is 0 Å². The van der Waals surface area contributed by atoms with Gasteiger partial charge in [0, 0.05) is 0 Å². The molecule has 1 aromatic rings. The lowest BCUT2D eigenvalue weighted by Crippen LogP contribution is -2.20. The second-order valence-corrected chi connectivity index (χ2v) is 2.74. The van der Waals surface area contributed by atoms with Crippen molar-refractivity contribution in [1.29, 1.82) is 0 Å². The van der Waals surface area contributed by atoms with Crippen LogP contribution in [-0.4, -0.2) is 23.2 Å². The van der Waals surface area contributed by atoms with Crippen LogP contribution >= 0.6 is 0 Å². The topological polar surface area (TPSA) is 92.8 Å². The van der Waals surface area contributed by atoms with Gasteiger partial charge in [0.1, 0.15) is 0 Å². The maximum Gasteiger partial charge on any atom is 0.250 e. The maximum absolute atomic E-state index is 10.7. The average molecular weight is 197 g/mol. The molecule has 0 spiro atoms. The molecule has 0 aliphatic rings. The Bertz CT molecular complexity index is 351. The van der Waals surface area contributed by atoms with Crippen molar-refractivity contribution < 1.29 is 19.7 Å². The highest BCUT2D eigenvalue weighted by atomic mass is 16.5. The van der Waals surface area contributed by atoms with Crippen molar-refractivity contribution in [3.05, 3.63) is 23.8 Å². The van der Waals surface area contributed by atoms with Gasteiger partial charge in [-0.15, -0.1) is 0 Å². The normalized spacial score (nSPS) is 12.1. The van der Waals surface area contributed by atoms with Crippen molar-refractivity contribution in [2.75, 3.05) is 7.11 Å². The van der Waals surface area contributed by atoms with E-state index >= 15 is 0 Å². The Morgan fingerprint density at radius 1 is 1.57 bits per heavy atom. The quantitative estimate of drug-likeness (QED) is 0.631. The molecule has 5 heteroatoms. The minimum Gasteiger partial charge on any atom is -0.504 e. The summed E-state index contributed by atoms with van der Waals surface area (Å²) in [5, 5.41) is 18.5. The lowest BCUT2D eigenvalue weighted by Gasteiger charge is -2.09. The van der Waals surface area contributed by atoms with Crippen LogP contribution in [0.2, 0.25) is 0 Å². The van der Waals surface area contributed by atoms with Crippen LogP contribution < -0.4 is 10.5 Å². The van der Waals surface area contributed by atoms with Gasteiger partial charge in [0.15, 0.2) is 17.6 Å². The Morgan fingerprint density at radius 2 is 2.21 bits per heavy atom. The van der Waals surface area contributed by atoms with Crippen LogP contribution in [0, 0.1) is 0 Å². The summed E-state index contributed by atoms with van der Waals surface area (Å²) in [6.45, 7) is 0. The van der Waals surface area contributed by atoms with Crippen molar-refractivity contribution in [2.45, 2.75) is 6.10 Å².